The van der Waals surface area contributed by atoms with Crippen molar-refractivity contribution >= 4 is 12.0 Å². The highest BCUT2D eigenvalue weighted by Crippen LogP contribution is 2.15. The smallest absolute Gasteiger partial charge is 0.263 e. The van der Waals surface area contributed by atoms with Crippen LogP contribution in [0.1, 0.15) is 27.2 Å². The second-order valence-corrected chi connectivity index (χ2v) is 5.95. The SMILES string of the molecule is Cc1cc(NCc2ccccc2)c(C=O)c(=O)n1Cc1ccccc1. The summed E-state index contributed by atoms with van der Waals surface area (Å²) in [4.78, 5) is 24.3. The lowest BCUT2D eigenvalue weighted by Gasteiger charge is -2.15. The van der Waals surface area contributed by atoms with Crippen molar-refractivity contribution in [3.63, 3.8) is 0 Å². The second kappa shape index (κ2) is 7.62. The van der Waals surface area contributed by atoms with Crippen LogP contribution in [0.2, 0.25) is 0 Å². The summed E-state index contributed by atoms with van der Waals surface area (Å²) in [6, 6.07) is 21.5. The zero-order valence-corrected chi connectivity index (χ0v) is 14.1. The first kappa shape index (κ1) is 16.7. The minimum Gasteiger partial charge on any atom is -0.380 e. The predicted molar refractivity (Wildman–Crippen MR) is 100 cm³/mol. The average Bonchev–Trinajstić information content (AvgIpc) is 2.65. The Hall–Kier alpha value is -3.14. The van der Waals surface area contributed by atoms with E-state index in [1.807, 2.05) is 73.7 Å². The quantitative estimate of drug-likeness (QED) is 0.701. The maximum atomic E-state index is 12.7. The second-order valence-electron chi connectivity index (χ2n) is 5.95. The van der Waals surface area contributed by atoms with Crippen LogP contribution in [0.15, 0.2) is 71.5 Å². The summed E-state index contributed by atoms with van der Waals surface area (Å²) in [7, 11) is 0. The van der Waals surface area contributed by atoms with Crippen molar-refractivity contribution in [3.8, 4) is 0 Å². The van der Waals surface area contributed by atoms with Gasteiger partial charge in [0.25, 0.3) is 5.56 Å². The molecular formula is C21H20N2O2. The number of hydrogen-bond acceptors (Lipinski definition) is 3. The molecule has 0 atom stereocenters. The molecule has 0 radical (unpaired) electrons. The summed E-state index contributed by atoms with van der Waals surface area (Å²) < 4.78 is 1.63. The minimum atomic E-state index is -0.269. The molecule has 3 rings (SSSR count). The Labute approximate surface area is 146 Å². The fraction of sp³-hybridized carbons (Fsp3) is 0.143. The molecule has 0 aliphatic carbocycles. The van der Waals surface area contributed by atoms with Gasteiger partial charge in [0.1, 0.15) is 5.56 Å². The van der Waals surface area contributed by atoms with E-state index in [2.05, 4.69) is 5.32 Å². The van der Waals surface area contributed by atoms with Crippen LogP contribution >= 0.6 is 0 Å². The van der Waals surface area contributed by atoms with Crippen molar-refractivity contribution in [1.29, 1.82) is 0 Å². The van der Waals surface area contributed by atoms with E-state index in [4.69, 9.17) is 0 Å². The molecule has 0 unspecified atom stereocenters. The summed E-state index contributed by atoms with van der Waals surface area (Å²) in [5, 5.41) is 3.21. The van der Waals surface area contributed by atoms with Crippen molar-refractivity contribution < 1.29 is 4.79 Å². The number of nitrogens with one attached hydrogen (secondary N) is 1. The number of pyridine rings is 1. The van der Waals surface area contributed by atoms with Crippen LogP contribution in [0.25, 0.3) is 0 Å². The Morgan fingerprint density at radius 1 is 0.960 bits per heavy atom. The first-order chi connectivity index (χ1) is 12.2. The van der Waals surface area contributed by atoms with Crippen LogP contribution in [0.3, 0.4) is 0 Å². The summed E-state index contributed by atoms with van der Waals surface area (Å²) in [5.41, 5.74) is 3.40. The van der Waals surface area contributed by atoms with Crippen molar-refractivity contribution in [2.45, 2.75) is 20.0 Å². The number of hydrogen-bond donors (Lipinski definition) is 1. The number of aromatic nitrogens is 1. The van der Waals surface area contributed by atoms with Gasteiger partial charge >= 0.3 is 0 Å². The molecule has 25 heavy (non-hydrogen) atoms. The Morgan fingerprint density at radius 2 is 1.56 bits per heavy atom. The molecular weight excluding hydrogens is 312 g/mol. The van der Waals surface area contributed by atoms with E-state index in [1.165, 1.54) is 0 Å². The molecule has 0 saturated carbocycles. The van der Waals surface area contributed by atoms with Gasteiger partial charge in [-0.2, -0.15) is 0 Å². The van der Waals surface area contributed by atoms with Crippen LogP contribution in [-0.4, -0.2) is 10.9 Å². The number of rotatable bonds is 6. The molecule has 3 aromatic rings. The number of aryl methyl sites for hydroxylation is 1. The molecule has 1 N–H and O–H groups in total. The molecule has 4 nitrogen and oxygen atoms in total. The van der Waals surface area contributed by atoms with Gasteiger partial charge in [0, 0.05) is 12.2 Å². The van der Waals surface area contributed by atoms with E-state index in [0.717, 1.165) is 16.8 Å². The van der Waals surface area contributed by atoms with E-state index in [-0.39, 0.29) is 11.1 Å². The normalized spacial score (nSPS) is 10.4. The number of nitrogens with zero attached hydrogens (tertiary/aromatic N) is 1. The Balaban J connectivity index is 1.90. The minimum absolute atomic E-state index is 0.164. The van der Waals surface area contributed by atoms with Crippen molar-refractivity contribution in [3.05, 3.63) is 99.5 Å². The Morgan fingerprint density at radius 3 is 2.16 bits per heavy atom. The fourth-order valence-electron chi connectivity index (χ4n) is 2.80. The van der Waals surface area contributed by atoms with Gasteiger partial charge in [-0.1, -0.05) is 60.7 Å². The number of benzene rings is 2. The summed E-state index contributed by atoms with van der Waals surface area (Å²) in [6.07, 6.45) is 0.636. The van der Waals surface area contributed by atoms with Gasteiger partial charge in [-0.15, -0.1) is 0 Å². The van der Waals surface area contributed by atoms with Gasteiger partial charge in [-0.25, -0.2) is 0 Å². The number of aldehydes is 1. The highest BCUT2D eigenvalue weighted by Gasteiger charge is 2.12. The first-order valence-corrected chi connectivity index (χ1v) is 8.20. The third kappa shape index (κ3) is 3.86. The standard InChI is InChI=1S/C21H20N2O2/c1-16-12-20(22-13-17-8-4-2-5-9-17)19(15-24)21(25)23(16)14-18-10-6-3-7-11-18/h2-12,15,22H,13-14H2,1H3. The Bertz CT molecular complexity index is 916. The predicted octanol–water partition coefficient (Wildman–Crippen LogP) is 3.63. The molecule has 0 saturated heterocycles. The topological polar surface area (TPSA) is 51.1 Å². The molecule has 4 heteroatoms. The monoisotopic (exact) mass is 332 g/mol. The molecule has 0 amide bonds. The van der Waals surface area contributed by atoms with Crippen LogP contribution < -0.4 is 10.9 Å². The maximum Gasteiger partial charge on any atom is 0.263 e. The van der Waals surface area contributed by atoms with Crippen molar-refractivity contribution in [1.82, 2.24) is 4.57 Å². The molecule has 0 spiro atoms. The zero-order chi connectivity index (χ0) is 17.6. The van der Waals surface area contributed by atoms with Gasteiger partial charge in [0.2, 0.25) is 0 Å². The first-order valence-electron chi connectivity index (χ1n) is 8.20. The lowest BCUT2D eigenvalue weighted by Crippen LogP contribution is -2.27. The van der Waals surface area contributed by atoms with Crippen LogP contribution in [-0.2, 0) is 13.1 Å². The van der Waals surface area contributed by atoms with Crippen LogP contribution in [0.4, 0.5) is 5.69 Å². The molecule has 1 aromatic heterocycles. The highest BCUT2D eigenvalue weighted by molar-refractivity contribution is 5.83. The van der Waals surface area contributed by atoms with Gasteiger partial charge in [0.15, 0.2) is 6.29 Å². The Kier molecular flexibility index (Phi) is 5.09. The largest absolute Gasteiger partial charge is 0.380 e. The molecule has 0 aliphatic heterocycles. The van der Waals surface area contributed by atoms with E-state index in [0.29, 0.717) is 25.1 Å². The van der Waals surface area contributed by atoms with E-state index < -0.39 is 0 Å². The van der Waals surface area contributed by atoms with E-state index in [1.54, 1.807) is 4.57 Å². The lowest BCUT2D eigenvalue weighted by atomic mass is 10.1. The maximum absolute atomic E-state index is 12.7. The van der Waals surface area contributed by atoms with E-state index >= 15 is 0 Å². The van der Waals surface area contributed by atoms with Crippen molar-refractivity contribution in [2.24, 2.45) is 0 Å². The van der Waals surface area contributed by atoms with Crippen LogP contribution in [0.5, 0.6) is 0 Å². The van der Waals surface area contributed by atoms with Crippen LogP contribution in [0, 0.1) is 6.92 Å². The van der Waals surface area contributed by atoms with Gasteiger partial charge in [0.05, 0.1) is 12.2 Å². The summed E-state index contributed by atoms with van der Waals surface area (Å²) in [5.74, 6) is 0. The lowest BCUT2D eigenvalue weighted by molar-refractivity contribution is 0.112. The number of anilines is 1. The van der Waals surface area contributed by atoms with E-state index in [9.17, 15) is 9.59 Å². The highest BCUT2D eigenvalue weighted by atomic mass is 16.1. The van der Waals surface area contributed by atoms with Gasteiger partial charge < -0.3 is 9.88 Å². The third-order valence-electron chi connectivity index (χ3n) is 4.17. The third-order valence-corrected chi connectivity index (χ3v) is 4.17. The summed E-state index contributed by atoms with van der Waals surface area (Å²) in [6.45, 7) is 2.89. The van der Waals surface area contributed by atoms with Crippen molar-refractivity contribution in [2.75, 3.05) is 5.32 Å². The number of carbonyl (C=O) groups is 1. The zero-order valence-electron chi connectivity index (χ0n) is 14.1. The average molecular weight is 332 g/mol. The molecule has 126 valence electrons. The fourth-order valence-corrected chi connectivity index (χ4v) is 2.80. The van der Waals surface area contributed by atoms with Gasteiger partial charge in [-0.3, -0.25) is 9.59 Å². The number of carbonyl (C=O) groups excluding carboxylic acids is 1. The molecule has 0 aliphatic rings. The summed E-state index contributed by atoms with van der Waals surface area (Å²) >= 11 is 0. The van der Waals surface area contributed by atoms with Gasteiger partial charge in [-0.05, 0) is 24.1 Å². The molecule has 0 fully saturated rings. The molecule has 0 bridgehead atoms. The molecule has 2 aromatic carbocycles. The molecule has 1 heterocycles.